The predicted octanol–water partition coefficient (Wildman–Crippen LogP) is 3.79. The van der Waals surface area contributed by atoms with Crippen LogP contribution in [0.4, 0.5) is 0 Å². The standard InChI is InChI=1S/C15H17NS/c1-11(16)15(9-10-15)14-8-7-13(17-14)12-5-3-2-4-6-12/h2-8,11H,9-10,16H2,1H3. The third-order valence-corrected chi connectivity index (χ3v) is 5.17. The van der Waals surface area contributed by atoms with E-state index < -0.39 is 0 Å². The Morgan fingerprint density at radius 2 is 1.82 bits per heavy atom. The van der Waals surface area contributed by atoms with E-state index in [4.69, 9.17) is 5.73 Å². The fourth-order valence-corrected chi connectivity index (χ4v) is 3.78. The first-order chi connectivity index (χ1) is 8.22. The van der Waals surface area contributed by atoms with Crippen LogP contribution in [-0.4, -0.2) is 6.04 Å². The molecule has 2 heteroatoms. The molecule has 0 aliphatic heterocycles. The van der Waals surface area contributed by atoms with E-state index in [0.717, 1.165) is 0 Å². The molecule has 1 aliphatic carbocycles. The van der Waals surface area contributed by atoms with Crippen molar-refractivity contribution in [3.05, 3.63) is 47.3 Å². The van der Waals surface area contributed by atoms with Gasteiger partial charge >= 0.3 is 0 Å². The molecule has 0 saturated heterocycles. The summed E-state index contributed by atoms with van der Waals surface area (Å²) in [7, 11) is 0. The number of hydrogen-bond acceptors (Lipinski definition) is 2. The zero-order chi connectivity index (χ0) is 11.9. The van der Waals surface area contributed by atoms with Gasteiger partial charge in [0.25, 0.3) is 0 Å². The van der Waals surface area contributed by atoms with E-state index in [1.807, 2.05) is 11.3 Å². The van der Waals surface area contributed by atoms with Crippen molar-refractivity contribution in [3.63, 3.8) is 0 Å². The predicted molar refractivity (Wildman–Crippen MR) is 74.3 cm³/mol. The van der Waals surface area contributed by atoms with Gasteiger partial charge in [-0.05, 0) is 37.5 Å². The van der Waals surface area contributed by atoms with Crippen molar-refractivity contribution >= 4 is 11.3 Å². The second-order valence-corrected chi connectivity index (χ2v) is 6.06. The first-order valence-corrected chi connectivity index (χ1v) is 6.95. The smallest absolute Gasteiger partial charge is 0.0345 e. The first-order valence-electron chi connectivity index (χ1n) is 6.14. The molecule has 0 bridgehead atoms. The summed E-state index contributed by atoms with van der Waals surface area (Å²) < 4.78 is 0. The SMILES string of the molecule is CC(N)C1(c2ccc(-c3ccccc3)s2)CC1. The maximum atomic E-state index is 6.12. The Morgan fingerprint density at radius 1 is 1.12 bits per heavy atom. The molecule has 1 aromatic carbocycles. The highest BCUT2D eigenvalue weighted by atomic mass is 32.1. The lowest BCUT2D eigenvalue weighted by molar-refractivity contribution is 0.566. The summed E-state index contributed by atoms with van der Waals surface area (Å²) >= 11 is 1.90. The lowest BCUT2D eigenvalue weighted by Crippen LogP contribution is -2.30. The Balaban J connectivity index is 1.94. The van der Waals surface area contributed by atoms with Gasteiger partial charge < -0.3 is 5.73 Å². The molecule has 1 aromatic heterocycles. The van der Waals surface area contributed by atoms with Crippen LogP contribution in [0.25, 0.3) is 10.4 Å². The molecule has 88 valence electrons. The maximum Gasteiger partial charge on any atom is 0.0345 e. The molecule has 3 rings (SSSR count). The topological polar surface area (TPSA) is 26.0 Å². The number of rotatable bonds is 3. The van der Waals surface area contributed by atoms with Crippen LogP contribution in [0.3, 0.4) is 0 Å². The van der Waals surface area contributed by atoms with Crippen LogP contribution in [0.15, 0.2) is 42.5 Å². The Kier molecular flexibility index (Phi) is 2.57. The van der Waals surface area contributed by atoms with Crippen LogP contribution in [0, 0.1) is 0 Å². The monoisotopic (exact) mass is 243 g/mol. The number of hydrogen-bond donors (Lipinski definition) is 1. The average Bonchev–Trinajstić information content (AvgIpc) is 3.02. The third kappa shape index (κ3) is 1.81. The molecule has 1 heterocycles. The first kappa shape index (κ1) is 11.0. The highest BCUT2D eigenvalue weighted by Crippen LogP contribution is 2.53. The van der Waals surface area contributed by atoms with Gasteiger partial charge in [0.2, 0.25) is 0 Å². The van der Waals surface area contributed by atoms with E-state index in [1.54, 1.807) is 0 Å². The second kappa shape index (κ2) is 3.97. The highest BCUT2D eigenvalue weighted by molar-refractivity contribution is 7.15. The van der Waals surface area contributed by atoms with Crippen LogP contribution in [-0.2, 0) is 5.41 Å². The summed E-state index contributed by atoms with van der Waals surface area (Å²) in [5, 5.41) is 0. The summed E-state index contributed by atoms with van der Waals surface area (Å²) in [5.74, 6) is 0. The molecular weight excluding hydrogens is 226 g/mol. The maximum absolute atomic E-state index is 6.12. The van der Waals surface area contributed by atoms with E-state index in [-0.39, 0.29) is 11.5 Å². The van der Waals surface area contributed by atoms with Gasteiger partial charge in [0.15, 0.2) is 0 Å². The molecule has 0 radical (unpaired) electrons. The van der Waals surface area contributed by atoms with Gasteiger partial charge in [-0.2, -0.15) is 0 Å². The van der Waals surface area contributed by atoms with Gasteiger partial charge in [0, 0.05) is 21.2 Å². The molecular formula is C15H17NS. The van der Waals surface area contributed by atoms with Crippen molar-refractivity contribution in [2.24, 2.45) is 5.73 Å². The van der Waals surface area contributed by atoms with Gasteiger partial charge in [0.05, 0.1) is 0 Å². The van der Waals surface area contributed by atoms with Crippen molar-refractivity contribution < 1.29 is 0 Å². The molecule has 2 N–H and O–H groups in total. The van der Waals surface area contributed by atoms with Crippen LogP contribution >= 0.6 is 11.3 Å². The molecule has 17 heavy (non-hydrogen) atoms. The fraction of sp³-hybridized carbons (Fsp3) is 0.333. The summed E-state index contributed by atoms with van der Waals surface area (Å²) in [4.78, 5) is 2.82. The summed E-state index contributed by atoms with van der Waals surface area (Å²) in [6.07, 6.45) is 2.50. The molecule has 1 saturated carbocycles. The van der Waals surface area contributed by atoms with E-state index in [1.165, 1.54) is 28.2 Å². The minimum atomic E-state index is 0.268. The van der Waals surface area contributed by atoms with Crippen molar-refractivity contribution in [2.75, 3.05) is 0 Å². The van der Waals surface area contributed by atoms with E-state index >= 15 is 0 Å². The Morgan fingerprint density at radius 3 is 2.41 bits per heavy atom. The number of thiophene rings is 1. The Bertz CT molecular complexity index is 509. The quantitative estimate of drug-likeness (QED) is 0.872. The lowest BCUT2D eigenvalue weighted by Gasteiger charge is -2.17. The van der Waals surface area contributed by atoms with Gasteiger partial charge in [-0.15, -0.1) is 11.3 Å². The molecule has 1 fully saturated rings. The summed E-state index contributed by atoms with van der Waals surface area (Å²) in [6, 6.07) is 15.3. The zero-order valence-electron chi connectivity index (χ0n) is 10.0. The third-order valence-electron chi connectivity index (χ3n) is 3.82. The molecule has 1 atom stereocenters. The summed E-state index contributed by atoms with van der Waals surface area (Å²) in [6.45, 7) is 2.13. The molecule has 1 aliphatic rings. The molecule has 2 aromatic rings. The highest BCUT2D eigenvalue weighted by Gasteiger charge is 2.48. The van der Waals surface area contributed by atoms with Crippen molar-refractivity contribution in [2.45, 2.75) is 31.2 Å². The minimum Gasteiger partial charge on any atom is -0.327 e. The van der Waals surface area contributed by atoms with E-state index in [9.17, 15) is 0 Å². The Labute approximate surface area is 106 Å². The normalized spacial score (nSPS) is 18.9. The number of benzene rings is 1. The van der Waals surface area contributed by atoms with Gasteiger partial charge in [-0.1, -0.05) is 30.3 Å². The van der Waals surface area contributed by atoms with Crippen LogP contribution in [0.2, 0.25) is 0 Å². The van der Waals surface area contributed by atoms with Crippen LogP contribution in [0.5, 0.6) is 0 Å². The van der Waals surface area contributed by atoms with Gasteiger partial charge in [-0.25, -0.2) is 0 Å². The molecule has 0 spiro atoms. The van der Waals surface area contributed by atoms with Crippen LogP contribution < -0.4 is 5.73 Å². The Hall–Kier alpha value is -1.12. The lowest BCUT2D eigenvalue weighted by atomic mass is 9.97. The van der Waals surface area contributed by atoms with Gasteiger partial charge in [-0.3, -0.25) is 0 Å². The van der Waals surface area contributed by atoms with Gasteiger partial charge in [0.1, 0.15) is 0 Å². The van der Waals surface area contributed by atoms with Crippen molar-refractivity contribution in [3.8, 4) is 10.4 Å². The largest absolute Gasteiger partial charge is 0.327 e. The van der Waals surface area contributed by atoms with E-state index in [2.05, 4.69) is 49.4 Å². The zero-order valence-corrected chi connectivity index (χ0v) is 10.8. The molecule has 0 amide bonds. The second-order valence-electron chi connectivity index (χ2n) is 4.97. The molecule has 1 unspecified atom stereocenters. The number of nitrogens with two attached hydrogens (primary N) is 1. The van der Waals surface area contributed by atoms with Crippen molar-refractivity contribution in [1.82, 2.24) is 0 Å². The van der Waals surface area contributed by atoms with Crippen LogP contribution in [0.1, 0.15) is 24.6 Å². The van der Waals surface area contributed by atoms with Crippen molar-refractivity contribution in [1.29, 1.82) is 0 Å². The average molecular weight is 243 g/mol. The molecule has 1 nitrogen and oxygen atoms in total. The minimum absolute atomic E-state index is 0.268. The summed E-state index contributed by atoms with van der Waals surface area (Å²) in [5.41, 5.74) is 7.72. The fourth-order valence-electron chi connectivity index (χ4n) is 2.42. The van der Waals surface area contributed by atoms with E-state index in [0.29, 0.717) is 0 Å².